The molecular weight excluding hydrogens is 352 g/mol. The summed E-state index contributed by atoms with van der Waals surface area (Å²) >= 11 is 0. The summed E-state index contributed by atoms with van der Waals surface area (Å²) in [7, 11) is 0. The van der Waals surface area contributed by atoms with Crippen LogP contribution in [-0.4, -0.2) is 53.0 Å². The second-order valence-electron chi connectivity index (χ2n) is 7.35. The van der Waals surface area contributed by atoms with E-state index in [1.165, 1.54) is 0 Å². The monoisotopic (exact) mass is 382 g/mol. The molecule has 1 aromatic heterocycles. The van der Waals surface area contributed by atoms with Gasteiger partial charge in [0.15, 0.2) is 0 Å². The van der Waals surface area contributed by atoms with Gasteiger partial charge in [0.05, 0.1) is 5.69 Å². The largest absolute Gasteiger partial charge is 0.368 e. The molecule has 1 atom stereocenters. The molecule has 4 N–H and O–H groups in total. The van der Waals surface area contributed by atoms with E-state index in [-0.39, 0.29) is 11.9 Å². The Hall–Kier alpha value is -2.67. The Balaban J connectivity index is 1.66. The molecule has 28 heavy (non-hydrogen) atoms. The van der Waals surface area contributed by atoms with Gasteiger partial charge in [-0.25, -0.2) is 4.98 Å². The normalized spacial score (nSPS) is 15.3. The van der Waals surface area contributed by atoms with E-state index in [2.05, 4.69) is 34.4 Å². The molecule has 2 aromatic rings. The lowest BCUT2D eigenvalue weighted by molar-refractivity contribution is 0.0736. The fourth-order valence-corrected chi connectivity index (χ4v) is 3.46. The van der Waals surface area contributed by atoms with Crippen molar-refractivity contribution in [3.8, 4) is 0 Å². The predicted octanol–water partition coefficient (Wildman–Crippen LogP) is 2.30. The molecule has 0 spiro atoms. The number of hydrogen-bond acceptors (Lipinski definition) is 6. The molecule has 1 aliphatic heterocycles. The van der Waals surface area contributed by atoms with Gasteiger partial charge in [0.25, 0.3) is 5.91 Å². The summed E-state index contributed by atoms with van der Waals surface area (Å²) in [4.78, 5) is 23.1. The summed E-state index contributed by atoms with van der Waals surface area (Å²) in [5.74, 6) is 1.12. The summed E-state index contributed by atoms with van der Waals surface area (Å²) < 4.78 is 0. The molecule has 7 heteroatoms. The highest BCUT2D eigenvalue weighted by Crippen LogP contribution is 2.16. The highest BCUT2D eigenvalue weighted by molar-refractivity contribution is 5.94. The molecule has 1 saturated heterocycles. The predicted molar refractivity (Wildman–Crippen MR) is 112 cm³/mol. The standard InChI is InChI=1S/C21H30N6O/c1-3-4-15(2)24-19-14-18(25-21(22)26-19)13-16-5-7-17(8-6-16)20(28)27-11-9-23-10-12-27/h5-8,14-15,23H,3-4,9-13H2,1-2H3,(H3,22,24,25,26). The van der Waals surface area contributed by atoms with Crippen molar-refractivity contribution >= 4 is 17.7 Å². The van der Waals surface area contributed by atoms with Crippen molar-refractivity contribution in [1.82, 2.24) is 20.2 Å². The van der Waals surface area contributed by atoms with E-state index >= 15 is 0 Å². The summed E-state index contributed by atoms with van der Waals surface area (Å²) in [6, 6.07) is 10.0. The molecule has 150 valence electrons. The smallest absolute Gasteiger partial charge is 0.253 e. The fourth-order valence-electron chi connectivity index (χ4n) is 3.46. The number of nitrogens with zero attached hydrogens (tertiary/aromatic N) is 3. The summed E-state index contributed by atoms with van der Waals surface area (Å²) in [6.45, 7) is 7.52. The number of carbonyl (C=O) groups excluding carboxylic acids is 1. The van der Waals surface area contributed by atoms with Crippen LogP contribution in [-0.2, 0) is 6.42 Å². The minimum absolute atomic E-state index is 0.0933. The lowest BCUT2D eigenvalue weighted by atomic mass is 10.1. The van der Waals surface area contributed by atoms with E-state index in [4.69, 9.17) is 5.73 Å². The van der Waals surface area contributed by atoms with Crippen LogP contribution in [0.5, 0.6) is 0 Å². The number of benzene rings is 1. The molecule has 0 radical (unpaired) electrons. The number of nitrogens with two attached hydrogens (primary N) is 1. The third-order valence-corrected chi connectivity index (χ3v) is 4.90. The molecule has 0 bridgehead atoms. The van der Waals surface area contributed by atoms with Crippen molar-refractivity contribution in [1.29, 1.82) is 0 Å². The van der Waals surface area contributed by atoms with Crippen LogP contribution in [0, 0.1) is 0 Å². The van der Waals surface area contributed by atoms with Crippen LogP contribution in [0.3, 0.4) is 0 Å². The van der Waals surface area contributed by atoms with Crippen LogP contribution in [0.25, 0.3) is 0 Å². The second kappa shape index (κ2) is 9.50. The Morgan fingerprint density at radius 2 is 1.96 bits per heavy atom. The molecule has 0 saturated carbocycles. The number of anilines is 2. The number of hydrogen-bond donors (Lipinski definition) is 3. The van der Waals surface area contributed by atoms with Crippen molar-refractivity contribution in [2.75, 3.05) is 37.2 Å². The first-order valence-corrected chi connectivity index (χ1v) is 10.0. The quantitative estimate of drug-likeness (QED) is 0.680. The third kappa shape index (κ3) is 5.42. The molecule has 0 aliphatic carbocycles. The molecule has 1 fully saturated rings. The average Bonchev–Trinajstić information content (AvgIpc) is 2.68. The number of aromatic nitrogens is 2. The molecule has 7 nitrogen and oxygen atoms in total. The topological polar surface area (TPSA) is 96.2 Å². The van der Waals surface area contributed by atoms with Gasteiger partial charge in [0.1, 0.15) is 5.82 Å². The van der Waals surface area contributed by atoms with Crippen LogP contribution in [0.1, 0.15) is 48.3 Å². The third-order valence-electron chi connectivity index (χ3n) is 4.90. The number of nitrogens with one attached hydrogen (secondary N) is 2. The van der Waals surface area contributed by atoms with Gasteiger partial charge in [0.2, 0.25) is 5.95 Å². The van der Waals surface area contributed by atoms with Gasteiger partial charge in [-0.15, -0.1) is 0 Å². The van der Waals surface area contributed by atoms with Gasteiger partial charge in [-0.05, 0) is 31.0 Å². The van der Waals surface area contributed by atoms with Crippen molar-refractivity contribution in [2.24, 2.45) is 0 Å². The number of amides is 1. The van der Waals surface area contributed by atoms with E-state index in [9.17, 15) is 4.79 Å². The first-order valence-electron chi connectivity index (χ1n) is 10.0. The second-order valence-corrected chi connectivity index (χ2v) is 7.35. The van der Waals surface area contributed by atoms with Gasteiger partial charge in [-0.1, -0.05) is 25.5 Å². The molecule has 1 amide bonds. The van der Waals surface area contributed by atoms with E-state index in [0.717, 1.165) is 61.7 Å². The lowest BCUT2D eigenvalue weighted by Gasteiger charge is -2.27. The Morgan fingerprint density at radius 3 is 2.64 bits per heavy atom. The van der Waals surface area contributed by atoms with Crippen LogP contribution < -0.4 is 16.4 Å². The Morgan fingerprint density at radius 1 is 1.25 bits per heavy atom. The van der Waals surface area contributed by atoms with Crippen LogP contribution in [0.15, 0.2) is 30.3 Å². The number of rotatable bonds is 7. The zero-order chi connectivity index (χ0) is 19.9. The van der Waals surface area contributed by atoms with Gasteiger partial charge >= 0.3 is 0 Å². The maximum atomic E-state index is 12.6. The van der Waals surface area contributed by atoms with E-state index in [0.29, 0.717) is 12.5 Å². The molecule has 1 aromatic carbocycles. The maximum absolute atomic E-state index is 12.6. The van der Waals surface area contributed by atoms with E-state index in [1.807, 2.05) is 35.2 Å². The lowest BCUT2D eigenvalue weighted by Crippen LogP contribution is -2.46. The summed E-state index contributed by atoms with van der Waals surface area (Å²) in [5.41, 5.74) is 8.56. The van der Waals surface area contributed by atoms with Crippen LogP contribution in [0.2, 0.25) is 0 Å². The van der Waals surface area contributed by atoms with Crippen molar-refractivity contribution in [3.05, 3.63) is 47.2 Å². The minimum atomic E-state index is 0.0933. The van der Waals surface area contributed by atoms with Crippen LogP contribution in [0.4, 0.5) is 11.8 Å². The summed E-state index contributed by atoms with van der Waals surface area (Å²) in [6.07, 6.45) is 2.83. The van der Waals surface area contributed by atoms with E-state index < -0.39 is 0 Å². The first-order chi connectivity index (χ1) is 13.5. The first kappa shape index (κ1) is 20.1. The Bertz CT molecular complexity index is 786. The van der Waals surface area contributed by atoms with Gasteiger partial charge < -0.3 is 21.3 Å². The highest BCUT2D eigenvalue weighted by atomic mass is 16.2. The molecule has 1 aliphatic rings. The Kier molecular flexibility index (Phi) is 6.81. The van der Waals surface area contributed by atoms with Gasteiger partial charge in [0, 0.05) is 50.3 Å². The van der Waals surface area contributed by atoms with Gasteiger partial charge in [-0.2, -0.15) is 4.98 Å². The highest BCUT2D eigenvalue weighted by Gasteiger charge is 2.17. The average molecular weight is 383 g/mol. The number of nitrogen functional groups attached to an aromatic ring is 1. The maximum Gasteiger partial charge on any atom is 0.253 e. The minimum Gasteiger partial charge on any atom is -0.368 e. The van der Waals surface area contributed by atoms with Gasteiger partial charge in [-0.3, -0.25) is 4.79 Å². The molecule has 2 heterocycles. The summed E-state index contributed by atoms with van der Waals surface area (Å²) in [5, 5.41) is 6.65. The molecular formula is C21H30N6O. The zero-order valence-corrected chi connectivity index (χ0v) is 16.7. The van der Waals surface area contributed by atoms with E-state index in [1.54, 1.807) is 0 Å². The Labute approximate surface area is 166 Å². The van der Waals surface area contributed by atoms with Crippen molar-refractivity contribution in [3.63, 3.8) is 0 Å². The number of piperazine rings is 1. The zero-order valence-electron chi connectivity index (χ0n) is 16.7. The fraction of sp³-hybridized carbons (Fsp3) is 0.476. The molecule has 1 unspecified atom stereocenters. The van der Waals surface area contributed by atoms with Crippen molar-refractivity contribution < 1.29 is 4.79 Å². The SMILES string of the molecule is CCCC(C)Nc1cc(Cc2ccc(C(=O)N3CCNCC3)cc2)nc(N)n1. The number of carbonyl (C=O) groups is 1. The molecule has 3 rings (SSSR count). The van der Waals surface area contributed by atoms with Crippen LogP contribution >= 0.6 is 0 Å². The van der Waals surface area contributed by atoms with Crippen molar-refractivity contribution in [2.45, 2.75) is 39.2 Å².